The highest BCUT2D eigenvalue weighted by Crippen LogP contribution is 2.36. The van der Waals surface area contributed by atoms with Crippen molar-refractivity contribution in [1.29, 1.82) is 5.26 Å². The molecular formula is C19H12ClF4N3O3. The van der Waals surface area contributed by atoms with Crippen LogP contribution < -0.4 is 15.0 Å². The summed E-state index contributed by atoms with van der Waals surface area (Å²) in [5.74, 6) is -1.59. The summed E-state index contributed by atoms with van der Waals surface area (Å²) in [6.45, 7) is 0.894. The van der Waals surface area contributed by atoms with Gasteiger partial charge in [-0.3, -0.25) is 4.79 Å². The molecule has 3 amide bonds. The van der Waals surface area contributed by atoms with E-state index in [1.165, 1.54) is 25.1 Å². The first-order valence-corrected chi connectivity index (χ1v) is 8.70. The number of hydrogen-bond donors (Lipinski definition) is 1. The smallest absolute Gasteiger partial charge is 0.417 e. The largest absolute Gasteiger partial charge is 0.490 e. The molecule has 2 aromatic carbocycles. The molecular weight excluding hydrogens is 430 g/mol. The first-order chi connectivity index (χ1) is 14.0. The number of ether oxygens (including phenoxy) is 1. The van der Waals surface area contributed by atoms with Gasteiger partial charge in [-0.2, -0.15) is 18.4 Å². The number of benzene rings is 2. The van der Waals surface area contributed by atoms with Crippen molar-refractivity contribution in [2.45, 2.75) is 18.6 Å². The lowest BCUT2D eigenvalue weighted by Crippen LogP contribution is -2.49. The molecule has 1 saturated heterocycles. The molecule has 0 aliphatic carbocycles. The van der Waals surface area contributed by atoms with Crippen molar-refractivity contribution in [1.82, 2.24) is 5.32 Å². The molecule has 0 radical (unpaired) electrons. The van der Waals surface area contributed by atoms with Gasteiger partial charge in [0.05, 0.1) is 27.9 Å². The van der Waals surface area contributed by atoms with Crippen LogP contribution in [0.25, 0.3) is 0 Å². The number of nitriles is 1. The van der Waals surface area contributed by atoms with Crippen molar-refractivity contribution in [3.8, 4) is 11.8 Å². The Hall–Kier alpha value is -3.32. The highest BCUT2D eigenvalue weighted by Gasteiger charge is 2.49. The van der Waals surface area contributed by atoms with Gasteiger partial charge in [0, 0.05) is 6.07 Å². The van der Waals surface area contributed by atoms with Gasteiger partial charge in [0.1, 0.15) is 18.2 Å². The standard InChI is InChI=1S/C19H12ClF4N3O3/c1-18(9-30-12-4-5-14(20)15(21)7-12)16(28)27(17(29)26-18)11-3-2-10(8-25)13(6-11)19(22,23)24/h2-7H,9H2,1H3,(H,26,29). The zero-order valence-corrected chi connectivity index (χ0v) is 15.9. The van der Waals surface area contributed by atoms with E-state index in [0.717, 1.165) is 18.2 Å². The molecule has 1 aliphatic heterocycles. The number of alkyl halides is 3. The highest BCUT2D eigenvalue weighted by molar-refractivity contribution is 6.30. The molecule has 1 fully saturated rings. The number of anilines is 1. The predicted molar refractivity (Wildman–Crippen MR) is 97.5 cm³/mol. The highest BCUT2D eigenvalue weighted by atomic mass is 35.5. The summed E-state index contributed by atoms with van der Waals surface area (Å²) < 4.78 is 58.5. The monoisotopic (exact) mass is 441 g/mol. The van der Waals surface area contributed by atoms with Gasteiger partial charge in [-0.25, -0.2) is 14.1 Å². The number of hydrogen-bond acceptors (Lipinski definition) is 4. The molecule has 1 heterocycles. The lowest BCUT2D eigenvalue weighted by Gasteiger charge is -2.22. The molecule has 0 bridgehead atoms. The van der Waals surface area contributed by atoms with Crippen molar-refractivity contribution < 1.29 is 31.9 Å². The lowest BCUT2D eigenvalue weighted by atomic mass is 10.0. The summed E-state index contributed by atoms with van der Waals surface area (Å²) in [5.41, 5.74) is -3.90. The summed E-state index contributed by atoms with van der Waals surface area (Å²) in [4.78, 5) is 25.7. The lowest BCUT2D eigenvalue weighted by molar-refractivity contribution is -0.137. The van der Waals surface area contributed by atoms with Crippen molar-refractivity contribution in [3.05, 3.63) is 58.4 Å². The van der Waals surface area contributed by atoms with Crippen LogP contribution in [-0.2, 0) is 11.0 Å². The van der Waals surface area contributed by atoms with Gasteiger partial charge < -0.3 is 10.1 Å². The topological polar surface area (TPSA) is 82.4 Å². The summed E-state index contributed by atoms with van der Waals surface area (Å²) in [7, 11) is 0. The van der Waals surface area contributed by atoms with E-state index in [9.17, 15) is 27.2 Å². The second kappa shape index (κ2) is 7.50. The summed E-state index contributed by atoms with van der Waals surface area (Å²) in [6.07, 6.45) is -4.86. The Kier molecular flexibility index (Phi) is 5.34. The van der Waals surface area contributed by atoms with E-state index in [2.05, 4.69) is 5.32 Å². The average Bonchev–Trinajstić information content (AvgIpc) is 2.90. The SMILES string of the molecule is CC1(COc2ccc(Cl)c(F)c2)NC(=O)N(c2ccc(C#N)c(C(F)(F)F)c2)C1=O. The third-order valence-electron chi connectivity index (χ3n) is 4.37. The molecule has 1 unspecified atom stereocenters. The first-order valence-electron chi connectivity index (χ1n) is 8.32. The van der Waals surface area contributed by atoms with Gasteiger partial charge in [0.2, 0.25) is 0 Å². The second-order valence-electron chi connectivity index (χ2n) is 6.61. The fourth-order valence-corrected chi connectivity index (χ4v) is 2.93. The number of halogens is 5. The van der Waals surface area contributed by atoms with Crippen LogP contribution in [0.3, 0.4) is 0 Å². The number of urea groups is 1. The van der Waals surface area contributed by atoms with Gasteiger partial charge in [0.25, 0.3) is 5.91 Å². The fourth-order valence-electron chi connectivity index (χ4n) is 2.81. The Balaban J connectivity index is 1.87. The van der Waals surface area contributed by atoms with Gasteiger partial charge >= 0.3 is 12.2 Å². The first kappa shape index (κ1) is 21.4. The molecule has 1 N–H and O–H groups in total. The Morgan fingerprint density at radius 3 is 2.53 bits per heavy atom. The summed E-state index contributed by atoms with van der Waals surface area (Å²) in [5, 5.41) is 11.1. The van der Waals surface area contributed by atoms with Crippen molar-refractivity contribution in [2.75, 3.05) is 11.5 Å². The minimum Gasteiger partial charge on any atom is -0.490 e. The van der Waals surface area contributed by atoms with Crippen LogP contribution >= 0.6 is 11.6 Å². The van der Waals surface area contributed by atoms with Crippen molar-refractivity contribution in [2.24, 2.45) is 0 Å². The quantitative estimate of drug-likeness (QED) is 0.567. The third kappa shape index (κ3) is 3.89. The van der Waals surface area contributed by atoms with E-state index in [0.29, 0.717) is 11.0 Å². The number of amides is 3. The van der Waals surface area contributed by atoms with Crippen LogP contribution in [0.5, 0.6) is 5.75 Å². The number of imide groups is 1. The zero-order chi connectivity index (χ0) is 22.3. The predicted octanol–water partition coefficient (Wildman–Crippen LogP) is 4.26. The van der Waals surface area contributed by atoms with Crippen LogP contribution in [-0.4, -0.2) is 24.1 Å². The Morgan fingerprint density at radius 2 is 1.93 bits per heavy atom. The third-order valence-corrected chi connectivity index (χ3v) is 4.67. The second-order valence-corrected chi connectivity index (χ2v) is 7.01. The Bertz CT molecular complexity index is 1080. The summed E-state index contributed by atoms with van der Waals surface area (Å²) in [6, 6.07) is 6.53. The molecule has 156 valence electrons. The molecule has 11 heteroatoms. The van der Waals surface area contributed by atoms with Gasteiger partial charge in [-0.1, -0.05) is 11.6 Å². The molecule has 0 aromatic heterocycles. The van der Waals surface area contributed by atoms with E-state index < -0.39 is 47.2 Å². The average molecular weight is 442 g/mol. The maximum Gasteiger partial charge on any atom is 0.417 e. The summed E-state index contributed by atoms with van der Waals surface area (Å²) >= 11 is 5.58. The normalized spacial score (nSPS) is 18.9. The molecule has 3 rings (SSSR count). The zero-order valence-electron chi connectivity index (χ0n) is 15.2. The van der Waals surface area contributed by atoms with Crippen LogP contribution in [0, 0.1) is 17.1 Å². The number of nitrogens with one attached hydrogen (secondary N) is 1. The van der Waals surface area contributed by atoms with E-state index in [1.807, 2.05) is 0 Å². The number of rotatable bonds is 4. The van der Waals surface area contributed by atoms with E-state index in [-0.39, 0.29) is 16.5 Å². The molecule has 0 saturated carbocycles. The minimum atomic E-state index is -4.86. The molecule has 1 aliphatic rings. The molecule has 1 atom stereocenters. The van der Waals surface area contributed by atoms with Crippen LogP contribution in [0.1, 0.15) is 18.1 Å². The van der Waals surface area contributed by atoms with Gasteiger partial charge in [-0.15, -0.1) is 0 Å². The molecule has 2 aromatic rings. The van der Waals surface area contributed by atoms with Gasteiger partial charge in [0.15, 0.2) is 5.54 Å². The minimum absolute atomic E-state index is 0.0383. The van der Waals surface area contributed by atoms with Crippen LogP contribution in [0.4, 0.5) is 28.0 Å². The molecule has 30 heavy (non-hydrogen) atoms. The van der Waals surface area contributed by atoms with Crippen molar-refractivity contribution >= 4 is 29.2 Å². The number of carbonyl (C=O) groups is 2. The maximum atomic E-state index is 13.5. The Morgan fingerprint density at radius 1 is 1.23 bits per heavy atom. The van der Waals surface area contributed by atoms with E-state index >= 15 is 0 Å². The molecule has 6 nitrogen and oxygen atoms in total. The van der Waals surface area contributed by atoms with Gasteiger partial charge in [-0.05, 0) is 37.3 Å². The van der Waals surface area contributed by atoms with E-state index in [4.69, 9.17) is 21.6 Å². The molecule has 0 spiro atoms. The number of carbonyl (C=O) groups excluding carboxylic acids is 2. The number of nitrogens with zero attached hydrogens (tertiary/aromatic N) is 2. The van der Waals surface area contributed by atoms with Crippen LogP contribution in [0.15, 0.2) is 36.4 Å². The van der Waals surface area contributed by atoms with Crippen LogP contribution in [0.2, 0.25) is 5.02 Å². The van der Waals surface area contributed by atoms with Crippen molar-refractivity contribution in [3.63, 3.8) is 0 Å². The fraction of sp³-hybridized carbons (Fsp3) is 0.211. The van der Waals surface area contributed by atoms with E-state index in [1.54, 1.807) is 0 Å². The Labute approximate surface area is 172 Å². The maximum absolute atomic E-state index is 13.5.